The van der Waals surface area contributed by atoms with Gasteiger partial charge in [0.15, 0.2) is 0 Å². The average Bonchev–Trinajstić information content (AvgIpc) is 2.69. The summed E-state index contributed by atoms with van der Waals surface area (Å²) in [4.78, 5) is 47.7. The molecule has 0 spiro atoms. The number of nitrogens with zero attached hydrogens (tertiary/aromatic N) is 3. The van der Waals surface area contributed by atoms with Gasteiger partial charge in [-0.3, -0.25) is 34.8 Å². The molecule has 0 rings (SSSR count). The first-order chi connectivity index (χ1) is 17.9. The smallest absolute Gasteiger partial charge is 0.303 e. The highest BCUT2D eigenvalue weighted by molar-refractivity contribution is 7.19. The monoisotopic (exact) mass is 591 g/mol. The standard InChI is InChI=1S/C28H54N3O8P/c1-19(11-23(33)29(37)16-21(3)12-26(5,6)14-25(35)36)10-20(2)15-30(38)24(34)13-27(7,8)17-28(9,40)18-31(39)22(4)32/h19-21,37-39H,10-18,40H2,1-9H3,(H,35,36). The Morgan fingerprint density at radius 1 is 0.750 bits per heavy atom. The Hall–Kier alpha value is -1.81. The molecule has 12 heteroatoms. The molecule has 0 bridgehead atoms. The zero-order chi connectivity index (χ0) is 31.6. The van der Waals surface area contributed by atoms with Gasteiger partial charge < -0.3 is 5.11 Å². The van der Waals surface area contributed by atoms with Gasteiger partial charge in [-0.2, -0.15) is 0 Å². The molecule has 0 saturated heterocycles. The Morgan fingerprint density at radius 2 is 1.25 bits per heavy atom. The summed E-state index contributed by atoms with van der Waals surface area (Å²) >= 11 is 0. The van der Waals surface area contributed by atoms with E-state index in [2.05, 4.69) is 9.24 Å². The molecule has 0 radical (unpaired) electrons. The van der Waals surface area contributed by atoms with Gasteiger partial charge in [0.05, 0.1) is 26.1 Å². The second-order valence-corrected chi connectivity index (χ2v) is 15.3. The van der Waals surface area contributed by atoms with E-state index < -0.39 is 39.7 Å². The third kappa shape index (κ3) is 16.5. The van der Waals surface area contributed by atoms with E-state index in [-0.39, 0.29) is 56.7 Å². The van der Waals surface area contributed by atoms with Crippen molar-refractivity contribution in [1.29, 1.82) is 0 Å². The van der Waals surface area contributed by atoms with Gasteiger partial charge in [0.25, 0.3) is 0 Å². The molecule has 0 aliphatic rings. The molecule has 5 atom stereocenters. The summed E-state index contributed by atoms with van der Waals surface area (Å²) in [7, 11) is 2.63. The number of rotatable bonds is 18. The fourth-order valence-electron chi connectivity index (χ4n) is 5.70. The number of carbonyl (C=O) groups is 4. The van der Waals surface area contributed by atoms with Crippen LogP contribution in [-0.4, -0.2) is 84.4 Å². The zero-order valence-corrected chi connectivity index (χ0v) is 27.1. The van der Waals surface area contributed by atoms with E-state index >= 15 is 0 Å². The number of carbonyl (C=O) groups excluding carboxylic acids is 3. The van der Waals surface area contributed by atoms with Crippen LogP contribution in [0.1, 0.15) is 101 Å². The first kappa shape index (κ1) is 38.2. The van der Waals surface area contributed by atoms with Crippen molar-refractivity contribution < 1.29 is 39.9 Å². The largest absolute Gasteiger partial charge is 0.481 e. The molecule has 0 aromatic heterocycles. The SMILES string of the molecule is CC(=O)N(O)CC(C)(P)CC(C)(C)CC(=O)N(O)CC(C)CC(C)CC(=O)N(O)CC(C)CC(C)(C)CC(=O)O. The second-order valence-electron chi connectivity index (χ2n) is 13.9. The van der Waals surface area contributed by atoms with Crippen molar-refractivity contribution in [2.24, 2.45) is 28.6 Å². The van der Waals surface area contributed by atoms with E-state index in [0.29, 0.717) is 34.5 Å². The number of hydrogen-bond acceptors (Lipinski definition) is 7. The minimum Gasteiger partial charge on any atom is -0.481 e. The predicted octanol–water partition coefficient (Wildman–Crippen LogP) is 4.68. The van der Waals surface area contributed by atoms with E-state index in [0.717, 1.165) is 0 Å². The molecular formula is C28H54N3O8P. The van der Waals surface area contributed by atoms with E-state index in [1.165, 1.54) is 6.92 Å². The quantitative estimate of drug-likeness (QED) is 0.102. The second kappa shape index (κ2) is 16.0. The maximum Gasteiger partial charge on any atom is 0.303 e. The molecule has 0 aromatic rings. The van der Waals surface area contributed by atoms with Crippen molar-refractivity contribution in [3.05, 3.63) is 0 Å². The predicted molar refractivity (Wildman–Crippen MR) is 155 cm³/mol. The van der Waals surface area contributed by atoms with Gasteiger partial charge in [-0.15, -0.1) is 9.24 Å². The highest BCUT2D eigenvalue weighted by atomic mass is 31.0. The van der Waals surface area contributed by atoms with E-state index in [1.807, 2.05) is 55.4 Å². The lowest BCUT2D eigenvalue weighted by Gasteiger charge is -2.36. The Labute approximate surface area is 242 Å². The van der Waals surface area contributed by atoms with Gasteiger partial charge in [0.2, 0.25) is 17.7 Å². The van der Waals surface area contributed by atoms with Gasteiger partial charge in [-0.25, -0.2) is 15.2 Å². The van der Waals surface area contributed by atoms with Crippen LogP contribution in [0.2, 0.25) is 0 Å². The van der Waals surface area contributed by atoms with Gasteiger partial charge >= 0.3 is 5.97 Å². The third-order valence-electron chi connectivity index (χ3n) is 6.79. The summed E-state index contributed by atoms with van der Waals surface area (Å²) < 4.78 is 0. The van der Waals surface area contributed by atoms with Crippen molar-refractivity contribution in [3.63, 3.8) is 0 Å². The molecule has 0 saturated carbocycles. The first-order valence-corrected chi connectivity index (χ1v) is 14.5. The Kier molecular flexibility index (Phi) is 15.3. The van der Waals surface area contributed by atoms with Crippen LogP contribution in [0.3, 0.4) is 0 Å². The van der Waals surface area contributed by atoms with Crippen LogP contribution in [0, 0.1) is 28.6 Å². The van der Waals surface area contributed by atoms with E-state index in [9.17, 15) is 34.8 Å². The topological polar surface area (TPSA) is 159 Å². The summed E-state index contributed by atoms with van der Waals surface area (Å²) in [6.45, 7) is 16.5. The highest BCUT2D eigenvalue weighted by Gasteiger charge is 2.34. The normalized spacial score (nSPS) is 15.9. The number of hydroxylamine groups is 6. The summed E-state index contributed by atoms with van der Waals surface area (Å²) in [6, 6.07) is 0. The molecule has 234 valence electrons. The molecule has 0 aliphatic heterocycles. The number of carboxylic acid groups (broad SMARTS) is 1. The van der Waals surface area contributed by atoms with Gasteiger partial charge in [0.1, 0.15) is 0 Å². The fraction of sp³-hybridized carbons (Fsp3) is 0.857. The van der Waals surface area contributed by atoms with Gasteiger partial charge in [-0.1, -0.05) is 55.4 Å². The van der Waals surface area contributed by atoms with Crippen molar-refractivity contribution in [3.8, 4) is 0 Å². The van der Waals surface area contributed by atoms with E-state index in [1.54, 1.807) is 0 Å². The number of aliphatic carboxylic acids is 1. The van der Waals surface area contributed by atoms with Crippen LogP contribution < -0.4 is 0 Å². The molecule has 0 aromatic carbocycles. The summed E-state index contributed by atoms with van der Waals surface area (Å²) in [5.41, 5.74) is -0.967. The maximum absolute atomic E-state index is 12.8. The molecule has 0 heterocycles. The summed E-state index contributed by atoms with van der Waals surface area (Å²) in [6.07, 6.45) is 1.77. The van der Waals surface area contributed by atoms with E-state index in [4.69, 9.17) is 5.11 Å². The molecule has 40 heavy (non-hydrogen) atoms. The number of amides is 3. The molecular weight excluding hydrogens is 537 g/mol. The van der Waals surface area contributed by atoms with Gasteiger partial charge in [-0.05, 0) is 47.8 Å². The average molecular weight is 592 g/mol. The van der Waals surface area contributed by atoms with Crippen molar-refractivity contribution in [2.75, 3.05) is 19.6 Å². The number of hydrogen-bond donors (Lipinski definition) is 4. The number of carboxylic acids is 1. The van der Waals surface area contributed by atoms with Crippen LogP contribution >= 0.6 is 9.24 Å². The minimum absolute atomic E-state index is 0.00808. The Morgan fingerprint density at radius 3 is 1.75 bits per heavy atom. The van der Waals surface area contributed by atoms with Crippen LogP contribution in [0.25, 0.3) is 0 Å². The lowest BCUT2D eigenvalue weighted by molar-refractivity contribution is -0.172. The molecule has 4 N–H and O–H groups in total. The molecule has 0 fully saturated rings. The third-order valence-corrected chi connectivity index (χ3v) is 7.18. The molecule has 0 aliphatic carbocycles. The van der Waals surface area contributed by atoms with Crippen LogP contribution in [0.5, 0.6) is 0 Å². The summed E-state index contributed by atoms with van der Waals surface area (Å²) in [5.74, 6) is -2.50. The van der Waals surface area contributed by atoms with Crippen LogP contribution in [0.15, 0.2) is 0 Å². The zero-order valence-electron chi connectivity index (χ0n) is 25.9. The minimum atomic E-state index is -0.882. The van der Waals surface area contributed by atoms with Gasteiger partial charge in [0, 0.05) is 24.9 Å². The van der Waals surface area contributed by atoms with Crippen molar-refractivity contribution in [1.82, 2.24) is 15.2 Å². The lowest BCUT2D eigenvalue weighted by atomic mass is 9.79. The lowest BCUT2D eigenvalue weighted by Crippen LogP contribution is -2.41. The summed E-state index contributed by atoms with van der Waals surface area (Å²) in [5, 5.41) is 41.1. The van der Waals surface area contributed by atoms with Crippen molar-refractivity contribution >= 4 is 32.9 Å². The maximum atomic E-state index is 12.8. The molecule has 11 nitrogen and oxygen atoms in total. The first-order valence-electron chi connectivity index (χ1n) is 13.9. The Bertz CT molecular complexity index is 864. The van der Waals surface area contributed by atoms with Crippen molar-refractivity contribution in [2.45, 2.75) is 106 Å². The van der Waals surface area contributed by atoms with Crippen LogP contribution in [-0.2, 0) is 19.2 Å². The molecule has 5 unspecified atom stereocenters. The molecule has 3 amide bonds. The Balaban J connectivity index is 4.74. The fourth-order valence-corrected chi connectivity index (χ4v) is 6.42. The highest BCUT2D eigenvalue weighted by Crippen LogP contribution is 2.37. The van der Waals surface area contributed by atoms with Crippen LogP contribution in [0.4, 0.5) is 0 Å².